The summed E-state index contributed by atoms with van der Waals surface area (Å²) in [6.45, 7) is 0. The van der Waals surface area contributed by atoms with Crippen LogP contribution in [0.2, 0.25) is 0 Å². The third kappa shape index (κ3) is 3.51. The van der Waals surface area contributed by atoms with Gasteiger partial charge in [0, 0.05) is 11.1 Å². The normalized spacial score (nSPS) is 10.6. The second-order valence-corrected chi connectivity index (χ2v) is 6.07. The molecule has 0 aliphatic rings. The molecule has 0 fully saturated rings. The van der Waals surface area contributed by atoms with E-state index in [1.165, 1.54) is 0 Å². The van der Waals surface area contributed by atoms with Crippen molar-refractivity contribution in [2.75, 3.05) is 7.11 Å². The molecule has 3 aromatic carbocycles. The zero-order valence-corrected chi connectivity index (χ0v) is 14.8. The van der Waals surface area contributed by atoms with E-state index in [1.54, 1.807) is 19.2 Å². The quantitative estimate of drug-likeness (QED) is 0.548. The monoisotopic (exact) mass is 354 g/mol. The third-order valence-corrected chi connectivity index (χ3v) is 4.33. The molecule has 0 saturated carbocycles. The van der Waals surface area contributed by atoms with E-state index >= 15 is 0 Å². The number of benzene rings is 3. The Morgan fingerprint density at radius 1 is 0.704 bits per heavy atom. The Hall–Kier alpha value is -3.66. The zero-order chi connectivity index (χ0) is 18.6. The molecule has 0 saturated heterocycles. The Morgan fingerprint density at radius 3 is 1.93 bits per heavy atom. The molecule has 4 aromatic rings. The van der Waals surface area contributed by atoms with Crippen molar-refractivity contribution in [3.05, 3.63) is 84.9 Å². The molecule has 4 nitrogen and oxygen atoms in total. The van der Waals surface area contributed by atoms with E-state index in [0.29, 0.717) is 11.4 Å². The maximum absolute atomic E-state index is 10.3. The Morgan fingerprint density at radius 2 is 1.30 bits per heavy atom. The van der Waals surface area contributed by atoms with E-state index in [2.05, 4.69) is 0 Å². The average molecular weight is 354 g/mol. The van der Waals surface area contributed by atoms with Crippen LogP contribution in [0.5, 0.6) is 11.5 Å². The molecule has 1 aromatic heterocycles. The molecule has 4 rings (SSSR count). The molecule has 0 radical (unpaired) electrons. The van der Waals surface area contributed by atoms with Crippen LogP contribution in [0.1, 0.15) is 0 Å². The summed E-state index contributed by atoms with van der Waals surface area (Å²) in [6.07, 6.45) is 0. The van der Waals surface area contributed by atoms with Crippen LogP contribution in [0, 0.1) is 0 Å². The van der Waals surface area contributed by atoms with E-state index in [4.69, 9.17) is 14.7 Å². The summed E-state index contributed by atoms with van der Waals surface area (Å²) in [5.41, 5.74) is 4.13. The molecule has 0 unspecified atom stereocenters. The molecule has 4 heteroatoms. The highest BCUT2D eigenvalue weighted by Crippen LogP contribution is 2.31. The van der Waals surface area contributed by atoms with Gasteiger partial charge >= 0.3 is 0 Å². The van der Waals surface area contributed by atoms with E-state index in [0.717, 1.165) is 28.3 Å². The third-order valence-electron chi connectivity index (χ3n) is 4.33. The van der Waals surface area contributed by atoms with Crippen molar-refractivity contribution in [3.8, 4) is 45.4 Å². The number of ether oxygens (including phenoxy) is 1. The van der Waals surface area contributed by atoms with E-state index in [-0.39, 0.29) is 5.75 Å². The lowest BCUT2D eigenvalue weighted by atomic mass is 10.1. The minimum atomic E-state index is 0.156. The lowest BCUT2D eigenvalue weighted by Crippen LogP contribution is -1.96. The molecular weight excluding hydrogens is 336 g/mol. The van der Waals surface area contributed by atoms with Gasteiger partial charge in [0.05, 0.1) is 24.1 Å². The molecule has 27 heavy (non-hydrogen) atoms. The van der Waals surface area contributed by atoms with Gasteiger partial charge in [0.15, 0.2) is 5.82 Å². The van der Waals surface area contributed by atoms with Crippen LogP contribution in [0.3, 0.4) is 0 Å². The summed E-state index contributed by atoms with van der Waals surface area (Å²) < 4.78 is 5.24. The second-order valence-electron chi connectivity index (χ2n) is 6.07. The van der Waals surface area contributed by atoms with Gasteiger partial charge in [-0.25, -0.2) is 9.97 Å². The largest absolute Gasteiger partial charge is 0.507 e. The fourth-order valence-electron chi connectivity index (χ4n) is 2.90. The van der Waals surface area contributed by atoms with E-state index in [1.807, 2.05) is 72.8 Å². The lowest BCUT2D eigenvalue weighted by Gasteiger charge is -2.10. The molecule has 132 valence electrons. The van der Waals surface area contributed by atoms with Crippen LogP contribution in [-0.4, -0.2) is 22.2 Å². The van der Waals surface area contributed by atoms with E-state index in [9.17, 15) is 5.11 Å². The first-order valence-corrected chi connectivity index (χ1v) is 8.62. The maximum atomic E-state index is 10.3. The van der Waals surface area contributed by atoms with Crippen LogP contribution >= 0.6 is 0 Å². The topological polar surface area (TPSA) is 55.2 Å². The molecule has 0 aliphatic carbocycles. The summed E-state index contributed by atoms with van der Waals surface area (Å²) in [6, 6.07) is 26.7. The molecule has 1 N–H and O–H groups in total. The van der Waals surface area contributed by atoms with Crippen molar-refractivity contribution in [1.82, 2.24) is 9.97 Å². The number of methoxy groups -OCH3 is 1. The van der Waals surface area contributed by atoms with E-state index < -0.39 is 0 Å². The predicted octanol–water partition coefficient (Wildman–Crippen LogP) is 5.19. The Balaban J connectivity index is 1.90. The maximum Gasteiger partial charge on any atom is 0.164 e. The number of phenols is 1. The molecule has 0 aliphatic heterocycles. The highest BCUT2D eigenvalue weighted by molar-refractivity contribution is 5.73. The molecule has 0 spiro atoms. The zero-order valence-electron chi connectivity index (χ0n) is 14.8. The van der Waals surface area contributed by atoms with Crippen molar-refractivity contribution >= 4 is 0 Å². The first kappa shape index (κ1) is 16.8. The number of para-hydroxylation sites is 1. The van der Waals surface area contributed by atoms with Crippen LogP contribution < -0.4 is 4.74 Å². The highest BCUT2D eigenvalue weighted by Gasteiger charge is 2.12. The van der Waals surface area contributed by atoms with Crippen LogP contribution in [-0.2, 0) is 0 Å². The number of hydrogen-bond acceptors (Lipinski definition) is 4. The second kappa shape index (κ2) is 7.30. The first-order chi connectivity index (χ1) is 13.2. The standard InChI is InChI=1S/C23H18N2O2/c1-27-18-13-11-17(12-14-18)21-15-20(16-7-3-2-4-8-16)24-23(25-21)19-9-5-6-10-22(19)26/h2-15,26H,1H3. The van der Waals surface area contributed by atoms with Crippen molar-refractivity contribution < 1.29 is 9.84 Å². The summed E-state index contributed by atoms with van der Waals surface area (Å²) in [5, 5.41) is 10.3. The highest BCUT2D eigenvalue weighted by atomic mass is 16.5. The fraction of sp³-hybridized carbons (Fsp3) is 0.0435. The molecule has 1 heterocycles. The van der Waals surface area contributed by atoms with Crippen molar-refractivity contribution in [1.29, 1.82) is 0 Å². The summed E-state index contributed by atoms with van der Waals surface area (Å²) >= 11 is 0. The smallest absolute Gasteiger partial charge is 0.164 e. The van der Waals surface area contributed by atoms with Gasteiger partial charge in [0.25, 0.3) is 0 Å². The number of aromatic nitrogens is 2. The minimum absolute atomic E-state index is 0.156. The van der Waals surface area contributed by atoms with Gasteiger partial charge in [0.2, 0.25) is 0 Å². The number of aromatic hydroxyl groups is 1. The molecular formula is C23H18N2O2. The number of hydrogen-bond donors (Lipinski definition) is 1. The summed E-state index contributed by atoms with van der Waals surface area (Å²) in [4.78, 5) is 9.40. The summed E-state index contributed by atoms with van der Waals surface area (Å²) in [5.74, 6) is 1.43. The average Bonchev–Trinajstić information content (AvgIpc) is 2.74. The van der Waals surface area contributed by atoms with Gasteiger partial charge < -0.3 is 9.84 Å². The lowest BCUT2D eigenvalue weighted by molar-refractivity contribution is 0.415. The van der Waals surface area contributed by atoms with Gasteiger partial charge in [-0.15, -0.1) is 0 Å². The van der Waals surface area contributed by atoms with Crippen LogP contribution in [0.15, 0.2) is 84.9 Å². The Kier molecular flexibility index (Phi) is 4.54. The number of nitrogens with zero attached hydrogens (tertiary/aromatic N) is 2. The number of rotatable bonds is 4. The molecule has 0 amide bonds. The number of phenolic OH excluding ortho intramolecular Hbond substituents is 1. The van der Waals surface area contributed by atoms with Crippen molar-refractivity contribution in [3.63, 3.8) is 0 Å². The van der Waals surface area contributed by atoms with Crippen molar-refractivity contribution in [2.45, 2.75) is 0 Å². The van der Waals surface area contributed by atoms with Gasteiger partial charge in [-0.2, -0.15) is 0 Å². The predicted molar refractivity (Wildman–Crippen MR) is 107 cm³/mol. The van der Waals surface area contributed by atoms with Crippen LogP contribution in [0.25, 0.3) is 33.9 Å². The van der Waals surface area contributed by atoms with Gasteiger partial charge in [-0.3, -0.25) is 0 Å². The van der Waals surface area contributed by atoms with Crippen molar-refractivity contribution in [2.24, 2.45) is 0 Å². The van der Waals surface area contributed by atoms with Gasteiger partial charge in [-0.1, -0.05) is 42.5 Å². The van der Waals surface area contributed by atoms with Crippen LogP contribution in [0.4, 0.5) is 0 Å². The summed E-state index contributed by atoms with van der Waals surface area (Å²) in [7, 11) is 1.64. The molecule has 0 atom stereocenters. The SMILES string of the molecule is COc1ccc(-c2cc(-c3ccccc3)nc(-c3ccccc3O)n2)cc1. The van der Waals surface area contributed by atoms with Gasteiger partial charge in [0.1, 0.15) is 11.5 Å². The Labute approximate surface area is 157 Å². The minimum Gasteiger partial charge on any atom is -0.507 e. The van der Waals surface area contributed by atoms with Gasteiger partial charge in [-0.05, 0) is 42.5 Å². The first-order valence-electron chi connectivity index (χ1n) is 8.62. The fourth-order valence-corrected chi connectivity index (χ4v) is 2.90. The molecule has 0 bridgehead atoms. The Bertz CT molecular complexity index is 1060.